The average Bonchev–Trinajstić information content (AvgIpc) is 2.84. The molecule has 1 aromatic heterocycles. The summed E-state index contributed by atoms with van der Waals surface area (Å²) >= 11 is 0. The molecule has 0 aliphatic heterocycles. The largest absolute Gasteiger partial charge is 0.506 e. The van der Waals surface area contributed by atoms with Crippen molar-refractivity contribution in [2.75, 3.05) is 5.32 Å². The Labute approximate surface area is 120 Å². The Bertz CT molecular complexity index is 715. The van der Waals surface area contributed by atoms with Gasteiger partial charge in [-0.15, -0.1) is 0 Å². The highest BCUT2D eigenvalue weighted by Gasteiger charge is 2.09. The number of rotatable bonds is 4. The first-order valence-electron chi connectivity index (χ1n) is 6.07. The Morgan fingerprint density at radius 2 is 2.00 bits per heavy atom. The third kappa shape index (κ3) is 3.73. The molecule has 0 fully saturated rings. The Morgan fingerprint density at radius 1 is 1.24 bits per heavy atom. The number of aromatic hydroxyl groups is 1. The number of aryl methyl sites for hydroxylation is 1. The maximum Gasteiger partial charge on any atom is 0.335 e. The molecule has 0 aliphatic rings. The molecule has 6 heteroatoms. The number of carbonyl (C=O) groups excluding carboxylic acids is 1. The summed E-state index contributed by atoms with van der Waals surface area (Å²) in [5.74, 6) is -0.672. The van der Waals surface area contributed by atoms with Crippen LogP contribution in [0.15, 0.2) is 40.8 Å². The predicted molar refractivity (Wildman–Crippen MR) is 76.2 cm³/mol. The van der Waals surface area contributed by atoms with Gasteiger partial charge in [-0.1, -0.05) is 0 Å². The fourth-order valence-electron chi connectivity index (χ4n) is 1.65. The molecule has 0 saturated carbocycles. The number of aromatic carboxylic acids is 1. The lowest BCUT2D eigenvalue weighted by Crippen LogP contribution is -2.08. The fourth-order valence-corrected chi connectivity index (χ4v) is 1.65. The van der Waals surface area contributed by atoms with E-state index in [1.165, 1.54) is 24.3 Å². The molecular formula is C15H13NO5. The van der Waals surface area contributed by atoms with Crippen molar-refractivity contribution in [1.82, 2.24) is 0 Å². The van der Waals surface area contributed by atoms with E-state index in [0.717, 1.165) is 11.8 Å². The van der Waals surface area contributed by atoms with Gasteiger partial charge in [0.2, 0.25) is 5.91 Å². The zero-order chi connectivity index (χ0) is 15.4. The van der Waals surface area contributed by atoms with E-state index in [4.69, 9.17) is 9.52 Å². The van der Waals surface area contributed by atoms with Gasteiger partial charge in [0.1, 0.15) is 17.3 Å². The zero-order valence-electron chi connectivity index (χ0n) is 11.2. The highest BCUT2D eigenvalue weighted by molar-refractivity contribution is 6.03. The maximum absolute atomic E-state index is 11.7. The molecule has 21 heavy (non-hydrogen) atoms. The molecule has 2 aromatic rings. The van der Waals surface area contributed by atoms with Crippen LogP contribution >= 0.6 is 0 Å². The lowest BCUT2D eigenvalue weighted by atomic mass is 10.2. The fraction of sp³-hybridized carbons (Fsp3) is 0.0667. The summed E-state index contributed by atoms with van der Waals surface area (Å²) in [4.78, 5) is 22.4. The number of carboxylic acids is 1. The Kier molecular flexibility index (Phi) is 4.08. The van der Waals surface area contributed by atoms with Gasteiger partial charge in [-0.25, -0.2) is 4.79 Å². The smallest absolute Gasteiger partial charge is 0.335 e. The van der Waals surface area contributed by atoms with E-state index in [9.17, 15) is 14.7 Å². The van der Waals surface area contributed by atoms with Crippen LogP contribution in [0, 0.1) is 6.92 Å². The summed E-state index contributed by atoms with van der Waals surface area (Å²) < 4.78 is 5.27. The Hall–Kier alpha value is -3.02. The summed E-state index contributed by atoms with van der Waals surface area (Å²) in [5.41, 5.74) is 0.0670. The minimum atomic E-state index is -1.16. The van der Waals surface area contributed by atoms with Gasteiger partial charge in [-0.3, -0.25) is 4.79 Å². The van der Waals surface area contributed by atoms with E-state index in [1.807, 2.05) is 0 Å². The second kappa shape index (κ2) is 5.96. The zero-order valence-corrected chi connectivity index (χ0v) is 11.2. The number of anilines is 1. The van der Waals surface area contributed by atoms with Crippen LogP contribution in [-0.4, -0.2) is 22.1 Å². The van der Waals surface area contributed by atoms with Crippen LogP contribution in [0.5, 0.6) is 5.75 Å². The SMILES string of the molecule is Cc1ccc(/C=C/C(=O)Nc2ccc(C(=O)O)cc2O)o1. The van der Waals surface area contributed by atoms with Gasteiger partial charge < -0.3 is 19.9 Å². The van der Waals surface area contributed by atoms with Crippen molar-refractivity contribution in [2.24, 2.45) is 0 Å². The van der Waals surface area contributed by atoms with Crippen molar-refractivity contribution < 1.29 is 24.2 Å². The van der Waals surface area contributed by atoms with Gasteiger partial charge in [0.15, 0.2) is 0 Å². The highest BCUT2D eigenvalue weighted by atomic mass is 16.4. The predicted octanol–water partition coefficient (Wildman–Crippen LogP) is 2.64. The van der Waals surface area contributed by atoms with Crippen LogP contribution in [0.25, 0.3) is 6.08 Å². The van der Waals surface area contributed by atoms with Crippen LogP contribution in [0.1, 0.15) is 21.9 Å². The van der Waals surface area contributed by atoms with Crippen LogP contribution in [-0.2, 0) is 4.79 Å². The van der Waals surface area contributed by atoms with E-state index < -0.39 is 11.9 Å². The molecule has 3 N–H and O–H groups in total. The molecule has 0 aliphatic carbocycles. The van der Waals surface area contributed by atoms with E-state index >= 15 is 0 Å². The Morgan fingerprint density at radius 3 is 2.57 bits per heavy atom. The van der Waals surface area contributed by atoms with Gasteiger partial charge in [-0.2, -0.15) is 0 Å². The van der Waals surface area contributed by atoms with Crippen molar-refractivity contribution in [3.8, 4) is 5.75 Å². The van der Waals surface area contributed by atoms with Crippen LogP contribution in [0.2, 0.25) is 0 Å². The summed E-state index contributed by atoms with van der Waals surface area (Å²) in [7, 11) is 0. The third-order valence-corrected chi connectivity index (χ3v) is 2.66. The number of amides is 1. The number of benzene rings is 1. The molecule has 0 atom stereocenters. The van der Waals surface area contributed by atoms with E-state index in [2.05, 4.69) is 5.32 Å². The molecular weight excluding hydrogens is 274 g/mol. The number of carbonyl (C=O) groups is 2. The van der Waals surface area contributed by atoms with Crippen LogP contribution in [0.3, 0.4) is 0 Å². The van der Waals surface area contributed by atoms with Crippen molar-refractivity contribution >= 4 is 23.6 Å². The monoisotopic (exact) mass is 287 g/mol. The van der Waals surface area contributed by atoms with Gasteiger partial charge in [-0.05, 0) is 43.3 Å². The number of nitrogens with one attached hydrogen (secondary N) is 1. The second-order valence-electron chi connectivity index (χ2n) is 4.31. The molecule has 2 rings (SSSR count). The van der Waals surface area contributed by atoms with Gasteiger partial charge in [0.25, 0.3) is 0 Å². The maximum atomic E-state index is 11.7. The molecule has 0 bridgehead atoms. The molecule has 6 nitrogen and oxygen atoms in total. The average molecular weight is 287 g/mol. The number of hydrogen-bond donors (Lipinski definition) is 3. The summed E-state index contributed by atoms with van der Waals surface area (Å²) in [6, 6.07) is 7.17. The van der Waals surface area contributed by atoms with E-state index in [1.54, 1.807) is 19.1 Å². The molecule has 0 radical (unpaired) electrons. The quantitative estimate of drug-likeness (QED) is 0.593. The minimum absolute atomic E-state index is 0.0629. The minimum Gasteiger partial charge on any atom is -0.506 e. The first-order chi connectivity index (χ1) is 9.95. The van der Waals surface area contributed by atoms with Crippen molar-refractivity contribution in [2.45, 2.75) is 6.92 Å². The normalized spacial score (nSPS) is 10.7. The first-order valence-corrected chi connectivity index (χ1v) is 6.07. The summed E-state index contributed by atoms with van der Waals surface area (Å²) in [6.07, 6.45) is 2.74. The molecule has 1 heterocycles. The summed E-state index contributed by atoms with van der Waals surface area (Å²) in [5, 5.41) is 20.9. The molecule has 0 spiro atoms. The molecule has 0 saturated heterocycles. The van der Waals surface area contributed by atoms with Crippen LogP contribution in [0.4, 0.5) is 5.69 Å². The number of phenolic OH excluding ortho intramolecular Hbond substituents is 1. The topological polar surface area (TPSA) is 99.8 Å². The molecule has 108 valence electrons. The molecule has 1 aromatic carbocycles. The third-order valence-electron chi connectivity index (χ3n) is 2.66. The first kappa shape index (κ1) is 14.4. The highest BCUT2D eigenvalue weighted by Crippen LogP contribution is 2.24. The van der Waals surface area contributed by atoms with Gasteiger partial charge in [0, 0.05) is 6.08 Å². The van der Waals surface area contributed by atoms with Crippen molar-refractivity contribution in [3.05, 3.63) is 53.5 Å². The summed E-state index contributed by atoms with van der Waals surface area (Å²) in [6.45, 7) is 1.79. The van der Waals surface area contributed by atoms with Crippen molar-refractivity contribution in [1.29, 1.82) is 0 Å². The second-order valence-corrected chi connectivity index (χ2v) is 4.31. The van der Waals surface area contributed by atoms with E-state index in [-0.39, 0.29) is 17.0 Å². The van der Waals surface area contributed by atoms with Gasteiger partial charge >= 0.3 is 5.97 Å². The van der Waals surface area contributed by atoms with Crippen LogP contribution < -0.4 is 5.32 Å². The number of carboxylic acid groups (broad SMARTS) is 1. The number of furan rings is 1. The molecule has 1 amide bonds. The Balaban J connectivity index is 2.06. The standard InChI is InChI=1S/C15H13NO5/c1-9-2-4-11(21-9)5-7-14(18)16-12-6-3-10(15(19)20)8-13(12)17/h2-8,17H,1H3,(H,16,18)(H,19,20)/b7-5+. The number of phenols is 1. The lowest BCUT2D eigenvalue weighted by Gasteiger charge is -2.05. The van der Waals surface area contributed by atoms with Crippen molar-refractivity contribution in [3.63, 3.8) is 0 Å². The van der Waals surface area contributed by atoms with E-state index in [0.29, 0.717) is 5.76 Å². The lowest BCUT2D eigenvalue weighted by molar-refractivity contribution is -0.111. The molecule has 0 unspecified atom stereocenters. The number of hydrogen-bond acceptors (Lipinski definition) is 4. The van der Waals surface area contributed by atoms with Gasteiger partial charge in [0.05, 0.1) is 11.3 Å².